The summed E-state index contributed by atoms with van der Waals surface area (Å²) in [5.74, 6) is 6.52. The molecular weight excluding hydrogens is 164 g/mol. The normalized spacial score (nSPS) is 15.8. The molecular formula is C11H16O2. The summed E-state index contributed by atoms with van der Waals surface area (Å²) in [6.45, 7) is 1.66. The van der Waals surface area contributed by atoms with Crippen LogP contribution in [0.1, 0.15) is 12.8 Å². The van der Waals surface area contributed by atoms with Crippen molar-refractivity contribution >= 4 is 0 Å². The second-order valence-electron chi connectivity index (χ2n) is 3.07. The summed E-state index contributed by atoms with van der Waals surface area (Å²) in [6.07, 6.45) is 7.01. The van der Waals surface area contributed by atoms with E-state index in [-0.39, 0.29) is 0 Å². The van der Waals surface area contributed by atoms with Crippen LogP contribution in [0, 0.1) is 17.8 Å². The number of methoxy groups -OCH3 is 1. The molecule has 0 atom stereocenters. The maximum Gasteiger partial charge on any atom is 0.108 e. The van der Waals surface area contributed by atoms with Crippen molar-refractivity contribution in [2.45, 2.75) is 12.8 Å². The number of allylic oxidation sites excluding steroid dienone is 1. The zero-order chi connectivity index (χ0) is 9.36. The van der Waals surface area contributed by atoms with Gasteiger partial charge >= 0.3 is 0 Å². The predicted octanol–water partition coefficient (Wildman–Crippen LogP) is 1.62. The van der Waals surface area contributed by atoms with Crippen molar-refractivity contribution in [2.24, 2.45) is 5.92 Å². The third kappa shape index (κ3) is 6.39. The molecule has 1 aliphatic carbocycles. The molecule has 2 nitrogen and oxygen atoms in total. The fraction of sp³-hybridized carbons (Fsp3) is 0.636. The molecule has 72 valence electrons. The molecule has 1 fully saturated rings. The molecule has 0 N–H and O–H groups in total. The van der Waals surface area contributed by atoms with E-state index >= 15 is 0 Å². The second-order valence-corrected chi connectivity index (χ2v) is 3.07. The molecule has 0 radical (unpaired) electrons. The maximum atomic E-state index is 5.24. The molecule has 0 saturated heterocycles. The van der Waals surface area contributed by atoms with E-state index in [1.54, 1.807) is 7.11 Å². The van der Waals surface area contributed by atoms with E-state index in [1.807, 2.05) is 0 Å². The molecule has 0 aromatic heterocycles. The number of hydrogen-bond donors (Lipinski definition) is 0. The number of hydrogen-bond acceptors (Lipinski definition) is 2. The average molecular weight is 180 g/mol. The Balaban J connectivity index is 1.86. The Morgan fingerprint density at radius 1 is 1.31 bits per heavy atom. The molecule has 0 spiro atoms. The van der Waals surface area contributed by atoms with Gasteiger partial charge in [-0.3, -0.25) is 0 Å². The Bertz CT molecular complexity index is 206. The molecule has 0 amide bonds. The first-order valence-electron chi connectivity index (χ1n) is 4.62. The summed E-state index contributed by atoms with van der Waals surface area (Å²) in [5, 5.41) is 0. The summed E-state index contributed by atoms with van der Waals surface area (Å²) in [7, 11) is 1.63. The Labute approximate surface area is 79.9 Å². The molecule has 2 heteroatoms. The minimum atomic E-state index is 0.487. The standard InChI is InChI=1S/C11H16O2/c1-12-8-2-3-9-13-10-4-5-11-6-7-11/h4-5,11H,6-10H2,1H3/b5-4+. The van der Waals surface area contributed by atoms with Crippen molar-refractivity contribution in [3.63, 3.8) is 0 Å². The van der Waals surface area contributed by atoms with Crippen molar-refractivity contribution < 1.29 is 9.47 Å². The zero-order valence-electron chi connectivity index (χ0n) is 8.08. The molecule has 1 rings (SSSR count). The van der Waals surface area contributed by atoms with Crippen molar-refractivity contribution in [3.8, 4) is 11.8 Å². The quantitative estimate of drug-likeness (QED) is 0.363. The van der Waals surface area contributed by atoms with Gasteiger partial charge in [-0.25, -0.2) is 0 Å². The van der Waals surface area contributed by atoms with Gasteiger partial charge in [-0.15, -0.1) is 0 Å². The molecule has 1 saturated carbocycles. The summed E-state index contributed by atoms with van der Waals surface area (Å²) >= 11 is 0. The summed E-state index contributed by atoms with van der Waals surface area (Å²) < 4.78 is 10.0. The maximum absolute atomic E-state index is 5.24. The lowest BCUT2D eigenvalue weighted by atomic mass is 10.4. The van der Waals surface area contributed by atoms with Crippen molar-refractivity contribution in [2.75, 3.05) is 26.9 Å². The monoisotopic (exact) mass is 180 g/mol. The van der Waals surface area contributed by atoms with Gasteiger partial charge in [0, 0.05) is 7.11 Å². The van der Waals surface area contributed by atoms with Gasteiger partial charge in [-0.1, -0.05) is 24.0 Å². The van der Waals surface area contributed by atoms with E-state index < -0.39 is 0 Å². The highest BCUT2D eigenvalue weighted by Crippen LogP contribution is 2.29. The van der Waals surface area contributed by atoms with E-state index in [4.69, 9.17) is 9.47 Å². The summed E-state index contributed by atoms with van der Waals surface area (Å²) in [6, 6.07) is 0. The smallest absolute Gasteiger partial charge is 0.108 e. The van der Waals surface area contributed by atoms with Gasteiger partial charge < -0.3 is 9.47 Å². The summed E-state index contributed by atoms with van der Waals surface area (Å²) in [4.78, 5) is 0. The fourth-order valence-electron chi connectivity index (χ4n) is 0.889. The fourth-order valence-corrected chi connectivity index (χ4v) is 0.889. The third-order valence-electron chi connectivity index (χ3n) is 1.76. The molecule has 0 heterocycles. The van der Waals surface area contributed by atoms with Crippen LogP contribution in [0.2, 0.25) is 0 Å². The first-order chi connectivity index (χ1) is 6.43. The largest absolute Gasteiger partial charge is 0.372 e. The molecule has 0 aromatic carbocycles. The minimum absolute atomic E-state index is 0.487. The number of rotatable bonds is 5. The van der Waals surface area contributed by atoms with Crippen LogP contribution in [-0.2, 0) is 9.47 Å². The zero-order valence-corrected chi connectivity index (χ0v) is 8.08. The molecule has 0 aliphatic heterocycles. The molecule has 0 unspecified atom stereocenters. The van der Waals surface area contributed by atoms with Crippen LogP contribution < -0.4 is 0 Å². The summed E-state index contributed by atoms with van der Waals surface area (Å²) in [5.41, 5.74) is 0. The van der Waals surface area contributed by atoms with Crippen LogP contribution in [0.25, 0.3) is 0 Å². The molecule has 13 heavy (non-hydrogen) atoms. The van der Waals surface area contributed by atoms with E-state index in [0.29, 0.717) is 19.8 Å². The highest BCUT2D eigenvalue weighted by atomic mass is 16.5. The Kier molecular flexibility index (Phi) is 5.31. The highest BCUT2D eigenvalue weighted by molar-refractivity contribution is 5.00. The highest BCUT2D eigenvalue weighted by Gasteiger charge is 2.16. The molecule has 1 aliphatic rings. The lowest BCUT2D eigenvalue weighted by Crippen LogP contribution is -1.91. The lowest BCUT2D eigenvalue weighted by Gasteiger charge is -1.91. The van der Waals surface area contributed by atoms with E-state index in [0.717, 1.165) is 5.92 Å². The van der Waals surface area contributed by atoms with E-state index in [9.17, 15) is 0 Å². The minimum Gasteiger partial charge on any atom is -0.372 e. The number of ether oxygens (including phenoxy) is 2. The second kappa shape index (κ2) is 6.71. The topological polar surface area (TPSA) is 18.5 Å². The van der Waals surface area contributed by atoms with Gasteiger partial charge in [0.2, 0.25) is 0 Å². The first kappa shape index (κ1) is 10.3. The average Bonchev–Trinajstić information content (AvgIpc) is 2.93. The van der Waals surface area contributed by atoms with Gasteiger partial charge in [0.05, 0.1) is 6.61 Å². The van der Waals surface area contributed by atoms with Crippen LogP contribution in [0.15, 0.2) is 12.2 Å². The first-order valence-corrected chi connectivity index (χ1v) is 4.62. The SMILES string of the molecule is COCC#CCOC/C=C/C1CC1. The van der Waals surface area contributed by atoms with Gasteiger partial charge in [0.25, 0.3) is 0 Å². The van der Waals surface area contributed by atoms with Gasteiger partial charge in [-0.2, -0.15) is 0 Å². The predicted molar refractivity (Wildman–Crippen MR) is 52.3 cm³/mol. The van der Waals surface area contributed by atoms with Crippen LogP contribution in [0.3, 0.4) is 0 Å². The Hall–Kier alpha value is -0.780. The lowest BCUT2D eigenvalue weighted by molar-refractivity contribution is 0.198. The van der Waals surface area contributed by atoms with Crippen molar-refractivity contribution in [1.29, 1.82) is 0 Å². The van der Waals surface area contributed by atoms with Gasteiger partial charge in [-0.05, 0) is 18.8 Å². The molecule has 0 bridgehead atoms. The Morgan fingerprint density at radius 2 is 2.08 bits per heavy atom. The van der Waals surface area contributed by atoms with Gasteiger partial charge in [0.15, 0.2) is 0 Å². The van der Waals surface area contributed by atoms with E-state index in [1.165, 1.54) is 12.8 Å². The van der Waals surface area contributed by atoms with Crippen molar-refractivity contribution in [3.05, 3.63) is 12.2 Å². The van der Waals surface area contributed by atoms with Crippen molar-refractivity contribution in [1.82, 2.24) is 0 Å². The van der Waals surface area contributed by atoms with Gasteiger partial charge in [0.1, 0.15) is 13.2 Å². The molecule has 0 aromatic rings. The van der Waals surface area contributed by atoms with Crippen LogP contribution in [-0.4, -0.2) is 26.9 Å². The Morgan fingerprint density at radius 3 is 2.77 bits per heavy atom. The van der Waals surface area contributed by atoms with E-state index in [2.05, 4.69) is 24.0 Å². The third-order valence-corrected chi connectivity index (χ3v) is 1.76. The van der Waals surface area contributed by atoms with Crippen LogP contribution >= 0.6 is 0 Å². The van der Waals surface area contributed by atoms with Crippen LogP contribution in [0.4, 0.5) is 0 Å². The van der Waals surface area contributed by atoms with Crippen LogP contribution in [0.5, 0.6) is 0 Å².